The molecule has 0 N–H and O–H groups in total. The van der Waals surface area contributed by atoms with Gasteiger partial charge in [0, 0.05) is 13.1 Å². The zero-order chi connectivity index (χ0) is 19.7. The molecule has 3 aromatic rings. The summed E-state index contributed by atoms with van der Waals surface area (Å²) in [7, 11) is 2.63. The molecule has 0 aliphatic heterocycles. The monoisotopic (exact) mass is 397 g/mol. The lowest BCUT2D eigenvalue weighted by Crippen LogP contribution is -2.16. The zero-order valence-electron chi connectivity index (χ0n) is 14.0. The molecule has 0 atom stereocenters. The van der Waals surface area contributed by atoms with Gasteiger partial charge in [-0.2, -0.15) is 0 Å². The molecule has 0 unspecified atom stereocenters. The third-order valence-electron chi connectivity index (χ3n) is 3.64. The molecule has 1 aromatic carbocycles. The van der Waals surface area contributed by atoms with Crippen molar-refractivity contribution in [3.63, 3.8) is 0 Å². The fraction of sp³-hybridized carbons (Fsp3) is 0.118. The molecule has 0 aliphatic rings. The van der Waals surface area contributed by atoms with Crippen LogP contribution in [0.25, 0.3) is 11.4 Å². The Morgan fingerprint density at radius 1 is 1.19 bits per heavy atom. The minimum atomic E-state index is -1.69. The summed E-state index contributed by atoms with van der Waals surface area (Å²) < 4.78 is 50.9. The van der Waals surface area contributed by atoms with Gasteiger partial charge in [-0.3, -0.25) is 4.90 Å². The van der Waals surface area contributed by atoms with Gasteiger partial charge in [0.25, 0.3) is 0 Å². The van der Waals surface area contributed by atoms with Crippen LogP contribution in [-0.4, -0.2) is 30.1 Å². The number of halogens is 4. The third kappa shape index (κ3) is 3.33. The molecule has 2 heterocycles. The molecule has 0 spiro atoms. The van der Waals surface area contributed by atoms with Crippen LogP contribution in [0.4, 0.5) is 24.9 Å². The largest absolute Gasteiger partial charge is 0.464 e. The Morgan fingerprint density at radius 3 is 2.56 bits per heavy atom. The molecule has 0 fully saturated rings. The molecule has 3 rings (SSSR count). The van der Waals surface area contributed by atoms with E-state index in [1.54, 1.807) is 12.1 Å². The number of furan rings is 1. The Bertz CT molecular complexity index is 1010. The van der Waals surface area contributed by atoms with E-state index in [-0.39, 0.29) is 22.4 Å². The van der Waals surface area contributed by atoms with Gasteiger partial charge in [-0.1, -0.05) is 11.6 Å². The predicted molar refractivity (Wildman–Crippen MR) is 90.5 cm³/mol. The van der Waals surface area contributed by atoms with Crippen molar-refractivity contribution in [2.75, 3.05) is 19.1 Å². The second kappa shape index (κ2) is 7.28. The second-order valence-electron chi connectivity index (χ2n) is 5.26. The van der Waals surface area contributed by atoms with Crippen LogP contribution in [0.5, 0.6) is 0 Å². The smallest absolute Gasteiger partial charge is 0.358 e. The number of anilines is 2. The summed E-state index contributed by atoms with van der Waals surface area (Å²) in [5.74, 6) is -5.58. The van der Waals surface area contributed by atoms with Gasteiger partial charge in [0.1, 0.15) is 5.02 Å². The van der Waals surface area contributed by atoms with Crippen molar-refractivity contribution in [1.29, 1.82) is 0 Å². The van der Waals surface area contributed by atoms with Crippen molar-refractivity contribution < 1.29 is 27.1 Å². The van der Waals surface area contributed by atoms with Crippen molar-refractivity contribution in [1.82, 2.24) is 9.97 Å². The van der Waals surface area contributed by atoms with Gasteiger partial charge in [0.05, 0.1) is 18.9 Å². The number of nitrogens with zero attached hydrogens (tertiary/aromatic N) is 3. The number of methoxy groups -OCH3 is 1. The third-order valence-corrected chi connectivity index (χ3v) is 3.99. The second-order valence-corrected chi connectivity index (χ2v) is 5.64. The van der Waals surface area contributed by atoms with E-state index in [1.807, 2.05) is 0 Å². The number of carbonyl (C=O) groups excluding carboxylic acids is 1. The number of esters is 1. The summed E-state index contributed by atoms with van der Waals surface area (Å²) in [6.45, 7) is 0. The molecular formula is C17H11ClF3N3O3. The first-order chi connectivity index (χ1) is 12.8. The molecule has 0 saturated heterocycles. The quantitative estimate of drug-likeness (QED) is 0.481. The van der Waals surface area contributed by atoms with E-state index < -0.39 is 29.0 Å². The minimum Gasteiger partial charge on any atom is -0.464 e. The lowest BCUT2D eigenvalue weighted by atomic mass is 10.1. The lowest BCUT2D eigenvalue weighted by molar-refractivity contribution is 0.0594. The summed E-state index contributed by atoms with van der Waals surface area (Å²) in [6.07, 6.45) is 1.40. The van der Waals surface area contributed by atoms with Crippen LogP contribution in [0.1, 0.15) is 10.5 Å². The molecule has 0 amide bonds. The van der Waals surface area contributed by atoms with Crippen molar-refractivity contribution >= 4 is 29.3 Å². The Kier molecular flexibility index (Phi) is 5.04. The van der Waals surface area contributed by atoms with Gasteiger partial charge in [-0.05, 0) is 18.2 Å². The Morgan fingerprint density at radius 2 is 1.93 bits per heavy atom. The van der Waals surface area contributed by atoms with Gasteiger partial charge in [0.15, 0.2) is 34.8 Å². The molecular weight excluding hydrogens is 387 g/mol. The van der Waals surface area contributed by atoms with E-state index in [4.69, 9.17) is 16.0 Å². The van der Waals surface area contributed by atoms with Crippen LogP contribution >= 0.6 is 11.6 Å². The van der Waals surface area contributed by atoms with Crippen molar-refractivity contribution in [2.45, 2.75) is 0 Å². The van der Waals surface area contributed by atoms with Crippen LogP contribution in [0.15, 0.2) is 34.9 Å². The molecule has 0 aliphatic carbocycles. The van der Waals surface area contributed by atoms with Crippen LogP contribution < -0.4 is 4.90 Å². The highest BCUT2D eigenvalue weighted by Gasteiger charge is 2.25. The number of carbonyl (C=O) groups is 1. The van der Waals surface area contributed by atoms with E-state index in [0.717, 1.165) is 19.2 Å². The number of benzene rings is 1. The number of aromatic nitrogens is 2. The molecule has 140 valence electrons. The van der Waals surface area contributed by atoms with Crippen molar-refractivity contribution in [2.24, 2.45) is 0 Å². The SMILES string of the molecule is COC(=O)c1nc(-c2ccc(F)c(F)c2F)nc(N(C)c2ccco2)c1Cl. The molecule has 0 bridgehead atoms. The first kappa shape index (κ1) is 18.7. The van der Waals surface area contributed by atoms with Gasteiger partial charge < -0.3 is 9.15 Å². The molecule has 27 heavy (non-hydrogen) atoms. The van der Waals surface area contributed by atoms with E-state index in [1.165, 1.54) is 18.2 Å². The normalized spacial score (nSPS) is 10.7. The van der Waals surface area contributed by atoms with Crippen molar-refractivity contribution in [3.05, 3.63) is 58.7 Å². The highest BCUT2D eigenvalue weighted by atomic mass is 35.5. The Labute approximate surface area is 156 Å². The zero-order valence-corrected chi connectivity index (χ0v) is 14.7. The number of hydrogen-bond donors (Lipinski definition) is 0. The highest BCUT2D eigenvalue weighted by Crippen LogP contribution is 2.34. The molecule has 10 heteroatoms. The van der Waals surface area contributed by atoms with Gasteiger partial charge in [0.2, 0.25) is 5.88 Å². The van der Waals surface area contributed by atoms with Crippen LogP contribution in [0, 0.1) is 17.5 Å². The fourth-order valence-electron chi connectivity index (χ4n) is 2.27. The van der Waals surface area contributed by atoms with Crippen LogP contribution in [0.2, 0.25) is 5.02 Å². The summed E-state index contributed by atoms with van der Waals surface area (Å²) in [5.41, 5.74) is -0.827. The van der Waals surface area contributed by atoms with E-state index in [0.29, 0.717) is 5.88 Å². The topological polar surface area (TPSA) is 68.5 Å². The molecule has 6 nitrogen and oxygen atoms in total. The number of rotatable bonds is 4. The van der Waals surface area contributed by atoms with Gasteiger partial charge >= 0.3 is 5.97 Å². The predicted octanol–water partition coefficient (Wildman–Crippen LogP) is 4.36. The van der Waals surface area contributed by atoms with Gasteiger partial charge in [-0.15, -0.1) is 0 Å². The average Bonchev–Trinajstić information content (AvgIpc) is 3.20. The van der Waals surface area contributed by atoms with E-state index in [9.17, 15) is 18.0 Å². The van der Waals surface area contributed by atoms with Crippen LogP contribution in [0.3, 0.4) is 0 Å². The highest BCUT2D eigenvalue weighted by molar-refractivity contribution is 6.35. The molecule has 2 aromatic heterocycles. The molecule has 0 radical (unpaired) electrons. The lowest BCUT2D eigenvalue weighted by Gasteiger charge is -2.18. The molecule has 0 saturated carbocycles. The maximum atomic E-state index is 14.2. The van der Waals surface area contributed by atoms with Crippen LogP contribution in [-0.2, 0) is 4.74 Å². The average molecular weight is 398 g/mol. The minimum absolute atomic E-state index is 0.0267. The van der Waals surface area contributed by atoms with E-state index >= 15 is 0 Å². The number of ether oxygens (including phenoxy) is 1. The first-order valence-electron chi connectivity index (χ1n) is 7.42. The Balaban J connectivity index is 2.25. The first-order valence-corrected chi connectivity index (χ1v) is 7.80. The maximum absolute atomic E-state index is 14.2. The van der Waals surface area contributed by atoms with E-state index in [2.05, 4.69) is 14.7 Å². The maximum Gasteiger partial charge on any atom is 0.358 e. The summed E-state index contributed by atoms with van der Waals surface area (Å²) in [5, 5.41) is -0.188. The standard InChI is InChI=1S/C17H11ClF3N3O3/c1-24(10-4-3-7-27-10)16-11(18)14(17(25)26-2)22-15(23-16)8-5-6-9(19)13(21)12(8)20/h3-7H,1-2H3. The fourth-order valence-corrected chi connectivity index (χ4v) is 2.56. The summed E-state index contributed by atoms with van der Waals surface area (Å²) >= 11 is 6.21. The number of hydrogen-bond acceptors (Lipinski definition) is 6. The summed E-state index contributed by atoms with van der Waals surface area (Å²) in [4.78, 5) is 21.3. The van der Waals surface area contributed by atoms with Crippen molar-refractivity contribution in [3.8, 4) is 11.4 Å². The summed E-state index contributed by atoms with van der Waals surface area (Å²) in [6, 6.07) is 4.88. The van der Waals surface area contributed by atoms with Gasteiger partial charge in [-0.25, -0.2) is 27.9 Å². The Hall–Kier alpha value is -3.07.